The maximum Gasteiger partial charge on any atom is 0.158 e. The first-order valence-electron chi connectivity index (χ1n) is 18.0. The molecule has 2 saturated carbocycles. The fraction of sp³-hybridized carbons (Fsp3) is 1.00. The predicted molar refractivity (Wildman–Crippen MR) is 194 cm³/mol. The lowest BCUT2D eigenvalue weighted by atomic mass is 9.79. The van der Waals surface area contributed by atoms with Crippen molar-refractivity contribution in [2.45, 2.75) is 134 Å². The van der Waals surface area contributed by atoms with Crippen molar-refractivity contribution < 1.29 is 21.9 Å². The van der Waals surface area contributed by atoms with Crippen molar-refractivity contribution in [1.29, 1.82) is 0 Å². The average molecular weight is 788 g/mol. The molecule has 16 heteroatoms. The van der Waals surface area contributed by atoms with Crippen LogP contribution in [0.15, 0.2) is 0 Å². The van der Waals surface area contributed by atoms with Gasteiger partial charge in [-0.25, -0.2) is 22.6 Å². The number of thioether (sulfide) groups is 1. The molecule has 0 aromatic carbocycles. The molecule has 12 atom stereocenters. The molecule has 0 spiro atoms. The zero-order chi connectivity index (χ0) is 34.8. The van der Waals surface area contributed by atoms with Crippen molar-refractivity contribution in [3.63, 3.8) is 0 Å². The van der Waals surface area contributed by atoms with E-state index < -0.39 is 38.1 Å². The van der Waals surface area contributed by atoms with Crippen molar-refractivity contribution in [3.8, 4) is 0 Å². The zero-order valence-corrected chi connectivity index (χ0v) is 32.9. The molecule has 5 aliphatic rings. The van der Waals surface area contributed by atoms with Crippen molar-refractivity contribution in [1.82, 2.24) is 41.5 Å². The van der Waals surface area contributed by atoms with E-state index in [4.69, 9.17) is 4.74 Å². The molecular weight excluding hydrogens is 726 g/mol. The zero-order valence-electron chi connectivity index (χ0n) is 29.6. The molecule has 12 unspecified atom stereocenters. The number of sulfone groups is 1. The molecule has 3 saturated heterocycles. The summed E-state index contributed by atoms with van der Waals surface area (Å²) in [4.78, 5) is 6.83. The summed E-state index contributed by atoms with van der Waals surface area (Å²) in [5, 5.41) is 9.96. The summed E-state index contributed by atoms with van der Waals surface area (Å²) in [6.07, 6.45) is 0.764. The predicted octanol–water partition coefficient (Wildman–Crippen LogP) is 2.20. The summed E-state index contributed by atoms with van der Waals surface area (Å²) in [6.45, 7) is 11.3. The van der Waals surface area contributed by atoms with Crippen molar-refractivity contribution in [2.75, 3.05) is 60.5 Å². The van der Waals surface area contributed by atoms with Gasteiger partial charge in [-0.1, -0.05) is 22.4 Å². The quantitative estimate of drug-likeness (QED) is 0.187. The Morgan fingerprint density at radius 1 is 1.04 bits per heavy atom. The number of alkyl halides is 3. The molecule has 5 N–H and O–H groups in total. The Kier molecular flexibility index (Phi) is 13.9. The van der Waals surface area contributed by atoms with E-state index in [9.17, 15) is 8.42 Å². The van der Waals surface area contributed by atoms with Crippen LogP contribution in [0, 0.1) is 5.92 Å². The Labute approximate surface area is 300 Å². The summed E-state index contributed by atoms with van der Waals surface area (Å²) < 4.78 is 64.2. The average Bonchev–Trinajstić information content (AvgIpc) is 3.46. The lowest BCUT2D eigenvalue weighted by molar-refractivity contribution is -0.0680. The first kappa shape index (κ1) is 39.5. The summed E-state index contributed by atoms with van der Waals surface area (Å²) in [5.41, 5.74) is 6.35. The molecule has 11 nitrogen and oxygen atoms in total. The Morgan fingerprint density at radius 3 is 2.40 bits per heavy atom. The summed E-state index contributed by atoms with van der Waals surface area (Å²) in [5.74, 6) is -0.598. The normalized spacial score (nSPS) is 41.2. The van der Waals surface area contributed by atoms with Gasteiger partial charge in [-0.3, -0.25) is 31.2 Å². The van der Waals surface area contributed by atoms with Crippen molar-refractivity contribution >= 4 is 37.5 Å². The molecule has 3 aliphatic heterocycles. The number of methoxy groups -OCH3 is 1. The molecular formula is C32H61BrF2N8O3S2. The first-order valence-corrected chi connectivity index (χ1v) is 21.4. The topological polar surface area (TPSA) is 113 Å². The third kappa shape index (κ3) is 9.07. The van der Waals surface area contributed by atoms with Gasteiger partial charge in [-0.15, -0.1) is 11.8 Å². The van der Waals surface area contributed by atoms with Crippen LogP contribution in [0.3, 0.4) is 0 Å². The largest absolute Gasteiger partial charge is 0.375 e. The van der Waals surface area contributed by atoms with Crippen molar-refractivity contribution in [2.24, 2.45) is 5.92 Å². The highest BCUT2D eigenvalue weighted by atomic mass is 79.9. The van der Waals surface area contributed by atoms with Crippen LogP contribution >= 0.6 is 27.7 Å². The van der Waals surface area contributed by atoms with Crippen LogP contribution in [0.25, 0.3) is 0 Å². The number of nitrogens with one attached hydrogen (secondary N) is 5. The molecule has 48 heavy (non-hydrogen) atoms. The minimum Gasteiger partial charge on any atom is -0.375 e. The number of piperazine rings is 1. The SMILES string of the molecule is COC1C(NC2CC(C)NN2)NC(SC2CCC(S(=O)(=O)C(C)(C)C3CCCC(Br)C3F)CC2F)NC1N1CCN(CCN(C)C)CC1. The molecule has 3 heterocycles. The number of rotatable bonds is 12. The van der Waals surface area contributed by atoms with E-state index in [2.05, 4.69) is 78.5 Å². The van der Waals surface area contributed by atoms with Gasteiger partial charge in [0.2, 0.25) is 0 Å². The van der Waals surface area contributed by atoms with E-state index in [1.165, 1.54) is 11.8 Å². The van der Waals surface area contributed by atoms with Crippen LogP contribution in [-0.4, -0.2) is 152 Å². The first-order chi connectivity index (χ1) is 22.7. The van der Waals surface area contributed by atoms with E-state index in [0.29, 0.717) is 31.7 Å². The van der Waals surface area contributed by atoms with Crippen LogP contribution in [0.2, 0.25) is 0 Å². The van der Waals surface area contributed by atoms with Gasteiger partial charge in [-0.2, -0.15) is 0 Å². The van der Waals surface area contributed by atoms with Gasteiger partial charge in [0, 0.05) is 68.4 Å². The Morgan fingerprint density at radius 2 is 1.77 bits per heavy atom. The lowest BCUT2D eigenvalue weighted by Crippen LogP contribution is -2.75. The Balaban J connectivity index is 1.24. The molecule has 5 rings (SSSR count). The number of likely N-dealkylation sites (N-methyl/N-ethyl adjacent to an activating group) is 1. The summed E-state index contributed by atoms with van der Waals surface area (Å²) >= 11 is 4.95. The second kappa shape index (κ2) is 17.0. The van der Waals surface area contributed by atoms with Crippen LogP contribution < -0.4 is 26.8 Å². The summed E-state index contributed by atoms with van der Waals surface area (Å²) in [7, 11) is 2.17. The molecule has 280 valence electrons. The van der Waals surface area contributed by atoms with Crippen LogP contribution in [0.5, 0.6) is 0 Å². The highest BCUT2D eigenvalue weighted by Gasteiger charge is 2.53. The molecule has 0 bridgehead atoms. The van der Waals surface area contributed by atoms with E-state index >= 15 is 8.78 Å². The smallest absolute Gasteiger partial charge is 0.158 e. The lowest BCUT2D eigenvalue weighted by Gasteiger charge is -2.50. The molecule has 2 aliphatic carbocycles. The van der Waals surface area contributed by atoms with Gasteiger partial charge < -0.3 is 9.64 Å². The Hall–Kier alpha value is 0.280. The van der Waals surface area contributed by atoms with Gasteiger partial charge in [0.25, 0.3) is 0 Å². The third-order valence-electron chi connectivity index (χ3n) is 11.5. The maximum absolute atomic E-state index is 16.1. The standard InChI is InChI=1S/C32H61BrF2N8O3S2/c1-20-18-26(40-39-20)36-29-28(46-6)30(43-16-14-42(15-17-43)13-12-41(4)5)38-31(37-29)47-25-11-10-21(19-24(25)34)48(44,45)32(2,3)22-8-7-9-23(33)27(22)35/h20-31,36-40H,7-19H2,1-6H3. The van der Waals surface area contributed by atoms with Gasteiger partial charge in [0.1, 0.15) is 23.9 Å². The second-order valence-electron chi connectivity index (χ2n) is 15.4. The highest BCUT2D eigenvalue weighted by molar-refractivity contribution is 9.09. The number of hydrogen-bond donors (Lipinski definition) is 5. The molecule has 0 amide bonds. The molecule has 5 fully saturated rings. The highest BCUT2D eigenvalue weighted by Crippen LogP contribution is 2.46. The fourth-order valence-corrected chi connectivity index (χ4v) is 12.8. The minimum absolute atomic E-state index is 0.0478. The van der Waals surface area contributed by atoms with Gasteiger partial charge >= 0.3 is 0 Å². The van der Waals surface area contributed by atoms with E-state index in [1.54, 1.807) is 21.0 Å². The molecule has 0 radical (unpaired) electrons. The van der Waals surface area contributed by atoms with Crippen LogP contribution in [0.1, 0.15) is 65.7 Å². The van der Waals surface area contributed by atoms with Gasteiger partial charge in [0.05, 0.1) is 28.5 Å². The Bertz CT molecular complexity index is 1140. The monoisotopic (exact) mass is 786 g/mol. The number of halogens is 3. The van der Waals surface area contributed by atoms with E-state index in [-0.39, 0.29) is 46.6 Å². The number of nitrogens with zero attached hydrogens (tertiary/aromatic N) is 3. The van der Waals surface area contributed by atoms with Crippen LogP contribution in [0.4, 0.5) is 8.78 Å². The summed E-state index contributed by atoms with van der Waals surface area (Å²) in [6, 6.07) is 0.333. The van der Waals surface area contributed by atoms with Crippen LogP contribution in [-0.2, 0) is 14.6 Å². The second-order valence-corrected chi connectivity index (χ2v) is 20.8. The fourth-order valence-electron chi connectivity index (χ4n) is 8.32. The third-order valence-corrected chi connectivity index (χ3v) is 16.9. The van der Waals surface area contributed by atoms with Crippen molar-refractivity contribution in [3.05, 3.63) is 0 Å². The number of ether oxygens (including phenoxy) is 1. The van der Waals surface area contributed by atoms with Gasteiger partial charge in [0.15, 0.2) is 9.84 Å². The maximum atomic E-state index is 16.1. The minimum atomic E-state index is -3.78. The number of hydrogen-bond acceptors (Lipinski definition) is 12. The molecule has 0 aromatic heterocycles. The van der Waals surface area contributed by atoms with E-state index in [0.717, 1.165) is 52.1 Å². The molecule has 0 aromatic rings. The van der Waals surface area contributed by atoms with E-state index in [1.807, 2.05) is 0 Å². The number of hydrazine groups is 1. The van der Waals surface area contributed by atoms with Gasteiger partial charge in [-0.05, 0) is 73.4 Å².